The molecule has 3 heteroatoms. The van der Waals surface area contributed by atoms with Gasteiger partial charge in [-0.1, -0.05) is 0 Å². The summed E-state index contributed by atoms with van der Waals surface area (Å²) >= 11 is 2.03. The predicted octanol–water partition coefficient (Wildman–Crippen LogP) is -0.181. The van der Waals surface area contributed by atoms with Gasteiger partial charge in [0.2, 0.25) is 0 Å². The molecule has 1 rings (SSSR count). The summed E-state index contributed by atoms with van der Waals surface area (Å²) in [7, 11) is 0. The van der Waals surface area contributed by atoms with Gasteiger partial charge in [-0.25, -0.2) is 0 Å². The Labute approximate surface area is 93.4 Å². The molecule has 0 amide bonds. The van der Waals surface area contributed by atoms with E-state index in [9.17, 15) is 0 Å². The summed E-state index contributed by atoms with van der Waals surface area (Å²) in [6, 6.07) is 6.82. The molecule has 0 aliphatic carbocycles. The average Bonchev–Trinajstić information content (AvgIpc) is 2.16. The molecule has 0 N–H and O–H groups in total. The molecule has 0 aromatic heterocycles. The van der Waals surface area contributed by atoms with Crippen LogP contribution in [0.3, 0.4) is 0 Å². The molecule has 66 valence electrons. The first-order valence-electron chi connectivity index (χ1n) is 3.58. The van der Waals surface area contributed by atoms with Gasteiger partial charge in [-0.3, -0.25) is 0 Å². The van der Waals surface area contributed by atoms with Gasteiger partial charge in [-0.15, -0.1) is 0 Å². The van der Waals surface area contributed by atoms with E-state index in [-0.39, 0.29) is 0 Å². The maximum atomic E-state index is 2.33. The molecule has 12 heavy (non-hydrogen) atoms. The second-order valence-corrected chi connectivity index (χ2v) is 7.47. The maximum absolute atomic E-state index is 2.33. The third-order valence-electron chi connectivity index (χ3n) is 1.59. The second-order valence-electron chi connectivity index (χ2n) is 2.20. The molecule has 0 atom stereocenters. The molecule has 0 radical (unpaired) electrons. The van der Waals surface area contributed by atoms with Gasteiger partial charge in [0.25, 0.3) is 0 Å². The van der Waals surface area contributed by atoms with E-state index in [0.29, 0.717) is 44.9 Å². The van der Waals surface area contributed by atoms with Crippen molar-refractivity contribution in [1.29, 1.82) is 0 Å². The van der Waals surface area contributed by atoms with E-state index in [1.807, 2.05) is 0 Å². The number of hydrogen-bond donors (Lipinski definition) is 0. The summed E-state index contributed by atoms with van der Waals surface area (Å²) in [4.78, 5) is 0. The summed E-state index contributed by atoms with van der Waals surface area (Å²) in [5, 5.41) is 0. The first-order valence-corrected chi connectivity index (χ1v) is 11.3. The Morgan fingerprint density at radius 1 is 0.833 bits per heavy atom. The first-order chi connectivity index (χ1) is 5.83. The summed E-state index contributed by atoms with van der Waals surface area (Å²) < 4.78 is 4.95. The van der Waals surface area contributed by atoms with Crippen molar-refractivity contribution in [3.05, 3.63) is 18.2 Å². The van der Waals surface area contributed by atoms with Gasteiger partial charge in [0.05, 0.1) is 0 Å². The van der Waals surface area contributed by atoms with Crippen LogP contribution in [0.4, 0.5) is 0 Å². The summed E-state index contributed by atoms with van der Waals surface area (Å²) in [6.07, 6.45) is 0. The van der Waals surface area contributed by atoms with Crippen LogP contribution in [0.15, 0.2) is 18.2 Å². The van der Waals surface area contributed by atoms with Gasteiger partial charge >= 0.3 is 93.9 Å². The SMILES string of the molecule is C[Se]c1cccc([Se]C)c1[Se]C. The van der Waals surface area contributed by atoms with E-state index < -0.39 is 0 Å². The Hall–Kier alpha value is 0.778. The molecule has 0 saturated heterocycles. The number of rotatable bonds is 3. The Balaban J connectivity index is 3.13. The Bertz CT molecular complexity index is 236. The van der Waals surface area contributed by atoms with Gasteiger partial charge < -0.3 is 0 Å². The predicted molar refractivity (Wildman–Crippen MR) is 60.2 cm³/mol. The van der Waals surface area contributed by atoms with E-state index in [2.05, 4.69) is 35.7 Å². The molecule has 1 aromatic rings. The van der Waals surface area contributed by atoms with Crippen molar-refractivity contribution in [2.75, 3.05) is 0 Å². The van der Waals surface area contributed by atoms with Crippen LogP contribution in [0, 0.1) is 0 Å². The monoisotopic (exact) mass is 360 g/mol. The van der Waals surface area contributed by atoms with Crippen LogP contribution in [0.5, 0.6) is 0 Å². The zero-order chi connectivity index (χ0) is 8.97. The molecule has 0 heterocycles. The van der Waals surface area contributed by atoms with Crippen LogP contribution < -0.4 is 13.4 Å². The summed E-state index contributed by atoms with van der Waals surface area (Å²) in [5.41, 5.74) is 0. The Kier molecular flexibility index (Phi) is 4.97. The van der Waals surface area contributed by atoms with E-state index in [1.165, 1.54) is 0 Å². The molecule has 1 aromatic carbocycles. The summed E-state index contributed by atoms with van der Waals surface area (Å²) in [5.74, 6) is 6.95. The summed E-state index contributed by atoms with van der Waals surface area (Å²) in [6.45, 7) is 0. The third-order valence-corrected chi connectivity index (χ3v) is 7.95. The van der Waals surface area contributed by atoms with Crippen LogP contribution in [-0.2, 0) is 0 Å². The molecule has 0 nitrogen and oxygen atoms in total. The van der Waals surface area contributed by atoms with Crippen molar-refractivity contribution in [3.8, 4) is 0 Å². The molecule has 0 bridgehead atoms. The first kappa shape index (κ1) is 10.9. The molecular formula is C9H12Se3. The molecule has 0 saturated carbocycles. The van der Waals surface area contributed by atoms with E-state index >= 15 is 0 Å². The molecule has 0 fully saturated rings. The minimum absolute atomic E-state index is 0.675. The van der Waals surface area contributed by atoms with Crippen LogP contribution in [0.1, 0.15) is 0 Å². The van der Waals surface area contributed by atoms with Gasteiger partial charge in [0.15, 0.2) is 0 Å². The Morgan fingerprint density at radius 3 is 1.67 bits per heavy atom. The quantitative estimate of drug-likeness (QED) is 0.659. The standard InChI is InChI=1S/C9H12Se3/c1-10-7-5-4-6-8(11-2)9(7)12-3/h4-6H,1-3H3. The third kappa shape index (κ3) is 2.39. The van der Waals surface area contributed by atoms with Crippen molar-refractivity contribution >= 4 is 58.3 Å². The minimum atomic E-state index is 0.675. The zero-order valence-electron chi connectivity index (χ0n) is 7.46. The topological polar surface area (TPSA) is 0 Å². The van der Waals surface area contributed by atoms with Crippen LogP contribution >= 0.6 is 0 Å². The van der Waals surface area contributed by atoms with Crippen LogP contribution in [-0.4, -0.2) is 44.9 Å². The zero-order valence-corrected chi connectivity index (χ0v) is 12.6. The molecule has 0 aliphatic rings. The Morgan fingerprint density at radius 2 is 1.33 bits per heavy atom. The average molecular weight is 357 g/mol. The van der Waals surface area contributed by atoms with Gasteiger partial charge in [0, 0.05) is 0 Å². The second kappa shape index (κ2) is 5.50. The van der Waals surface area contributed by atoms with Crippen LogP contribution in [0.2, 0.25) is 17.5 Å². The molecule has 0 unspecified atom stereocenters. The molecule has 0 aliphatic heterocycles. The van der Waals surface area contributed by atoms with Gasteiger partial charge in [-0.05, 0) is 0 Å². The fraction of sp³-hybridized carbons (Fsp3) is 0.333. The molecular weight excluding hydrogens is 345 g/mol. The van der Waals surface area contributed by atoms with Crippen molar-refractivity contribution < 1.29 is 0 Å². The van der Waals surface area contributed by atoms with E-state index in [4.69, 9.17) is 0 Å². The van der Waals surface area contributed by atoms with Gasteiger partial charge in [-0.2, -0.15) is 0 Å². The van der Waals surface area contributed by atoms with Crippen molar-refractivity contribution in [2.45, 2.75) is 17.5 Å². The molecule has 0 spiro atoms. The normalized spacial score (nSPS) is 10.2. The van der Waals surface area contributed by atoms with E-state index in [1.54, 1.807) is 13.4 Å². The van der Waals surface area contributed by atoms with Gasteiger partial charge in [0.1, 0.15) is 0 Å². The van der Waals surface area contributed by atoms with Crippen molar-refractivity contribution in [2.24, 2.45) is 0 Å². The fourth-order valence-corrected chi connectivity index (χ4v) is 8.25. The van der Waals surface area contributed by atoms with Crippen molar-refractivity contribution in [1.82, 2.24) is 0 Å². The van der Waals surface area contributed by atoms with E-state index in [0.717, 1.165) is 0 Å². The van der Waals surface area contributed by atoms with Crippen molar-refractivity contribution in [3.63, 3.8) is 0 Å². The number of benzene rings is 1. The number of hydrogen-bond acceptors (Lipinski definition) is 0. The fourth-order valence-electron chi connectivity index (χ4n) is 1.02. The van der Waals surface area contributed by atoms with Crippen LogP contribution in [0.25, 0.3) is 0 Å².